The van der Waals surface area contributed by atoms with Crippen molar-refractivity contribution in [3.05, 3.63) is 0 Å². The van der Waals surface area contributed by atoms with Gasteiger partial charge < -0.3 is 31.3 Å². The van der Waals surface area contributed by atoms with Crippen LogP contribution in [0.1, 0.15) is 13.3 Å². The zero-order valence-corrected chi connectivity index (χ0v) is 8.98. The molecule has 17 heavy (non-hydrogen) atoms. The fourth-order valence-corrected chi connectivity index (χ4v) is 0.459. The molecule has 100 valence electrons. The van der Waals surface area contributed by atoms with Crippen molar-refractivity contribution in [3.63, 3.8) is 0 Å². The molecule has 0 aliphatic carbocycles. The Morgan fingerprint density at radius 2 is 1.47 bits per heavy atom. The first kappa shape index (κ1) is 17.7. The second-order valence-electron chi connectivity index (χ2n) is 3.06. The minimum Gasteiger partial charge on any atom is -0.481 e. The molecule has 1 unspecified atom stereocenters. The van der Waals surface area contributed by atoms with Gasteiger partial charge in [0.05, 0.1) is 12.5 Å². The van der Waals surface area contributed by atoms with E-state index in [9.17, 15) is 14.4 Å². The standard InChI is InChI=1S/C4H9NO3.C4H6O5/c1-2(6)3(5)4(7)8;5-2(4(8)9)1-3(6)7/h2-3,6H,5H2,1H3,(H,7,8);2,5H,1H2,(H,6,7)(H,8,9)/t2-,3+;/m1./s1. The van der Waals surface area contributed by atoms with Crippen LogP contribution in [0.3, 0.4) is 0 Å². The van der Waals surface area contributed by atoms with Gasteiger partial charge in [0.2, 0.25) is 0 Å². The monoisotopic (exact) mass is 253 g/mol. The van der Waals surface area contributed by atoms with Crippen LogP contribution in [0.25, 0.3) is 0 Å². The van der Waals surface area contributed by atoms with Gasteiger partial charge in [-0.15, -0.1) is 0 Å². The third-order valence-electron chi connectivity index (χ3n) is 1.46. The number of hydrogen-bond acceptors (Lipinski definition) is 6. The summed E-state index contributed by atoms with van der Waals surface area (Å²) in [5, 5.41) is 40.7. The molecule has 0 aliphatic heterocycles. The fourth-order valence-electron chi connectivity index (χ4n) is 0.459. The minimum atomic E-state index is -1.79. The summed E-state index contributed by atoms with van der Waals surface area (Å²) in [5.74, 6) is -4.03. The van der Waals surface area contributed by atoms with Gasteiger partial charge in [-0.3, -0.25) is 9.59 Å². The van der Waals surface area contributed by atoms with Gasteiger partial charge in [-0.05, 0) is 6.92 Å². The van der Waals surface area contributed by atoms with Crippen LogP contribution >= 0.6 is 0 Å². The van der Waals surface area contributed by atoms with E-state index >= 15 is 0 Å². The molecule has 7 N–H and O–H groups in total. The van der Waals surface area contributed by atoms with Crippen LogP contribution < -0.4 is 5.73 Å². The normalized spacial score (nSPS) is 14.8. The van der Waals surface area contributed by atoms with Gasteiger partial charge in [0, 0.05) is 0 Å². The van der Waals surface area contributed by atoms with Crippen LogP contribution in [0.5, 0.6) is 0 Å². The Labute approximate surface area is 96.1 Å². The lowest BCUT2D eigenvalue weighted by molar-refractivity contribution is -0.152. The molecular formula is C8H15NO8. The molecule has 0 bridgehead atoms. The Balaban J connectivity index is 0. The van der Waals surface area contributed by atoms with Crippen molar-refractivity contribution in [3.8, 4) is 0 Å². The first-order valence-electron chi connectivity index (χ1n) is 4.38. The van der Waals surface area contributed by atoms with Crippen molar-refractivity contribution >= 4 is 17.9 Å². The molecule has 9 nitrogen and oxygen atoms in total. The Bertz CT molecular complexity index is 277. The highest BCUT2D eigenvalue weighted by Gasteiger charge is 2.16. The summed E-state index contributed by atoms with van der Waals surface area (Å²) in [7, 11) is 0. The topological polar surface area (TPSA) is 178 Å². The Kier molecular flexibility index (Phi) is 8.78. The molecule has 0 amide bonds. The molecule has 0 saturated carbocycles. The number of aliphatic hydroxyl groups excluding tert-OH is 2. The van der Waals surface area contributed by atoms with Gasteiger partial charge in [0.1, 0.15) is 6.04 Å². The van der Waals surface area contributed by atoms with Crippen molar-refractivity contribution < 1.29 is 39.9 Å². The quantitative estimate of drug-likeness (QED) is 0.313. The molecule has 0 aromatic carbocycles. The average molecular weight is 253 g/mol. The summed E-state index contributed by atoms with van der Waals surface area (Å²) in [6.45, 7) is 1.33. The summed E-state index contributed by atoms with van der Waals surface area (Å²) >= 11 is 0. The Morgan fingerprint density at radius 3 is 1.53 bits per heavy atom. The second kappa shape index (κ2) is 8.44. The van der Waals surface area contributed by atoms with E-state index in [0.29, 0.717) is 0 Å². The zero-order valence-electron chi connectivity index (χ0n) is 8.98. The summed E-state index contributed by atoms with van der Waals surface area (Å²) in [6.07, 6.45) is -3.52. The third kappa shape index (κ3) is 10.6. The van der Waals surface area contributed by atoms with Crippen LogP contribution in [0.4, 0.5) is 0 Å². The maximum absolute atomic E-state index is 9.86. The van der Waals surface area contributed by atoms with Crippen LogP contribution in [0.15, 0.2) is 0 Å². The molecule has 3 atom stereocenters. The van der Waals surface area contributed by atoms with Crippen LogP contribution in [0, 0.1) is 0 Å². The molecule has 0 aromatic rings. The summed E-state index contributed by atoms with van der Waals surface area (Å²) in [5.41, 5.74) is 4.91. The number of rotatable bonds is 5. The van der Waals surface area contributed by atoms with Crippen LogP contribution in [0.2, 0.25) is 0 Å². The lowest BCUT2D eigenvalue weighted by Gasteiger charge is -2.06. The van der Waals surface area contributed by atoms with Gasteiger partial charge in [0.25, 0.3) is 0 Å². The van der Waals surface area contributed by atoms with Crippen LogP contribution in [-0.2, 0) is 14.4 Å². The summed E-state index contributed by atoms with van der Waals surface area (Å²) in [4.78, 5) is 29.3. The number of aliphatic carboxylic acids is 3. The maximum atomic E-state index is 9.86. The smallest absolute Gasteiger partial charge is 0.333 e. The number of aliphatic hydroxyl groups is 2. The van der Waals surface area contributed by atoms with E-state index in [1.54, 1.807) is 0 Å². The lowest BCUT2D eigenvalue weighted by Crippen LogP contribution is -2.39. The number of carboxylic acid groups (broad SMARTS) is 3. The highest BCUT2D eigenvalue weighted by Crippen LogP contribution is 1.89. The van der Waals surface area contributed by atoms with Crippen molar-refractivity contribution in [1.29, 1.82) is 0 Å². The van der Waals surface area contributed by atoms with Crippen LogP contribution in [-0.4, -0.2) is 61.7 Å². The molecule has 0 rings (SSSR count). The van der Waals surface area contributed by atoms with E-state index in [2.05, 4.69) is 0 Å². The van der Waals surface area contributed by atoms with Gasteiger partial charge in [0.15, 0.2) is 6.10 Å². The Hall–Kier alpha value is -1.71. The maximum Gasteiger partial charge on any atom is 0.333 e. The van der Waals surface area contributed by atoms with Gasteiger partial charge in [-0.25, -0.2) is 4.79 Å². The average Bonchev–Trinajstić information content (AvgIpc) is 2.15. The van der Waals surface area contributed by atoms with Crippen molar-refractivity contribution in [2.45, 2.75) is 31.6 Å². The molecular weight excluding hydrogens is 238 g/mol. The second-order valence-corrected chi connectivity index (χ2v) is 3.06. The molecule has 9 heteroatoms. The van der Waals surface area contributed by atoms with E-state index in [4.69, 9.17) is 31.3 Å². The predicted octanol–water partition coefficient (Wildman–Crippen LogP) is -2.31. The largest absolute Gasteiger partial charge is 0.481 e. The van der Waals surface area contributed by atoms with Gasteiger partial charge in [-0.1, -0.05) is 0 Å². The van der Waals surface area contributed by atoms with E-state index in [1.807, 2.05) is 0 Å². The number of carbonyl (C=O) groups is 3. The molecule has 0 aliphatic rings. The predicted molar refractivity (Wildman–Crippen MR) is 53.2 cm³/mol. The molecule has 0 aromatic heterocycles. The molecule has 0 fully saturated rings. The molecule has 0 spiro atoms. The molecule has 0 heterocycles. The van der Waals surface area contributed by atoms with E-state index in [-0.39, 0.29) is 0 Å². The summed E-state index contributed by atoms with van der Waals surface area (Å²) < 4.78 is 0. The van der Waals surface area contributed by atoms with Crippen molar-refractivity contribution in [2.75, 3.05) is 0 Å². The molecule has 0 radical (unpaired) electrons. The molecule has 0 saturated heterocycles. The van der Waals surface area contributed by atoms with Gasteiger partial charge in [-0.2, -0.15) is 0 Å². The SMILES string of the molecule is C[C@@H](O)[C@H](N)C(=O)O.O=C(O)CC(O)C(=O)O. The lowest BCUT2D eigenvalue weighted by atomic mass is 10.2. The minimum absolute atomic E-state index is 0.755. The fraction of sp³-hybridized carbons (Fsp3) is 0.625. The van der Waals surface area contributed by atoms with E-state index in [0.717, 1.165) is 0 Å². The Morgan fingerprint density at radius 1 is 1.06 bits per heavy atom. The highest BCUT2D eigenvalue weighted by molar-refractivity contribution is 5.79. The van der Waals surface area contributed by atoms with Crippen molar-refractivity contribution in [2.24, 2.45) is 5.73 Å². The van der Waals surface area contributed by atoms with E-state index < -0.39 is 42.6 Å². The first-order valence-corrected chi connectivity index (χ1v) is 4.38. The number of hydrogen-bond donors (Lipinski definition) is 6. The van der Waals surface area contributed by atoms with Gasteiger partial charge >= 0.3 is 17.9 Å². The van der Waals surface area contributed by atoms with E-state index in [1.165, 1.54) is 6.92 Å². The number of carboxylic acids is 3. The summed E-state index contributed by atoms with van der Waals surface area (Å²) in [6, 6.07) is -1.16. The highest BCUT2D eigenvalue weighted by atomic mass is 16.4. The first-order chi connectivity index (χ1) is 7.59. The third-order valence-corrected chi connectivity index (χ3v) is 1.46. The van der Waals surface area contributed by atoms with Crippen molar-refractivity contribution in [1.82, 2.24) is 0 Å². The number of nitrogens with two attached hydrogens (primary N) is 1. The zero-order chi connectivity index (χ0) is 14.2.